The maximum Gasteiger partial charge on any atom is 0.338 e. The van der Waals surface area contributed by atoms with Crippen molar-refractivity contribution in [1.82, 2.24) is 0 Å². The Labute approximate surface area is 218 Å². The van der Waals surface area contributed by atoms with E-state index < -0.39 is 16.1 Å². The molecule has 36 heavy (non-hydrogen) atoms. The quantitative estimate of drug-likeness (QED) is 0.160. The summed E-state index contributed by atoms with van der Waals surface area (Å²) in [4.78, 5) is 24.4. The number of benzene rings is 2. The van der Waals surface area contributed by atoms with Crippen molar-refractivity contribution in [3.8, 4) is 22.9 Å². The molecule has 0 fully saturated rings. The van der Waals surface area contributed by atoms with Gasteiger partial charge in [0.1, 0.15) is 16.1 Å². The van der Waals surface area contributed by atoms with Crippen LogP contribution in [0.2, 0.25) is 39.3 Å². The predicted octanol–water partition coefficient (Wildman–Crippen LogP) is 6.72. The van der Waals surface area contributed by atoms with E-state index in [1.54, 1.807) is 24.3 Å². The topological polar surface area (TPSA) is 52.6 Å². The second-order valence-corrected chi connectivity index (χ2v) is 20.3. The summed E-state index contributed by atoms with van der Waals surface area (Å²) < 4.78 is 10.7. The van der Waals surface area contributed by atoms with Crippen LogP contribution in [-0.4, -0.2) is 41.3 Å². The van der Waals surface area contributed by atoms with Crippen LogP contribution in [0, 0.1) is 22.9 Å². The van der Waals surface area contributed by atoms with Gasteiger partial charge in [-0.2, -0.15) is 0 Å². The lowest BCUT2D eigenvalue weighted by molar-refractivity contribution is 0.0473. The molecule has 2 aromatic rings. The molecule has 2 aromatic carbocycles. The van der Waals surface area contributed by atoms with Crippen LogP contribution in [0.5, 0.6) is 0 Å². The van der Waals surface area contributed by atoms with Crippen LogP contribution in [0.1, 0.15) is 57.5 Å². The van der Waals surface area contributed by atoms with Gasteiger partial charge in [0.15, 0.2) is 0 Å². The van der Waals surface area contributed by atoms with Crippen molar-refractivity contribution in [3.63, 3.8) is 0 Å². The molecule has 4 nitrogen and oxygen atoms in total. The second-order valence-electron chi connectivity index (χ2n) is 10.8. The number of carbonyl (C=O) groups is 2. The van der Waals surface area contributed by atoms with Gasteiger partial charge in [-0.15, -0.1) is 11.1 Å². The third-order valence-electron chi connectivity index (χ3n) is 4.91. The van der Waals surface area contributed by atoms with Gasteiger partial charge in [-0.3, -0.25) is 0 Å². The molecule has 0 saturated carbocycles. The average molecular weight is 519 g/mol. The van der Waals surface area contributed by atoms with E-state index in [9.17, 15) is 9.59 Å². The Bertz CT molecular complexity index is 1040. The van der Waals surface area contributed by atoms with Crippen LogP contribution in [0.15, 0.2) is 48.5 Å². The molecule has 0 heterocycles. The number of esters is 2. The Balaban J connectivity index is 1.60. The number of unbranched alkanes of at least 4 members (excludes halogenated alkanes) is 3. The first kappa shape index (κ1) is 29.2. The van der Waals surface area contributed by atoms with Gasteiger partial charge in [0.25, 0.3) is 0 Å². The number of carbonyl (C=O) groups excluding carboxylic acids is 2. The van der Waals surface area contributed by atoms with E-state index in [-0.39, 0.29) is 11.9 Å². The molecular weight excluding hydrogens is 480 g/mol. The van der Waals surface area contributed by atoms with Crippen molar-refractivity contribution in [1.29, 1.82) is 0 Å². The monoisotopic (exact) mass is 518 g/mol. The third-order valence-corrected chi connectivity index (χ3v) is 6.66. The Morgan fingerprint density at radius 3 is 1.22 bits per heavy atom. The number of hydrogen-bond donors (Lipinski definition) is 0. The summed E-state index contributed by atoms with van der Waals surface area (Å²) in [5.74, 6) is 5.73. The molecule has 2 rings (SSSR count). The Kier molecular flexibility index (Phi) is 11.2. The SMILES string of the molecule is C[Si](C)(C)C#Cc1ccc(C(=O)OCCCCCCOC(=O)c2ccc(C#C[Si](C)(C)C)cc2)cc1. The summed E-state index contributed by atoms with van der Waals surface area (Å²) in [6.07, 6.45) is 3.36. The van der Waals surface area contributed by atoms with Crippen LogP contribution in [0.4, 0.5) is 0 Å². The first-order valence-electron chi connectivity index (χ1n) is 12.5. The van der Waals surface area contributed by atoms with Crippen LogP contribution in [0.25, 0.3) is 0 Å². The van der Waals surface area contributed by atoms with E-state index in [0.717, 1.165) is 36.8 Å². The molecule has 6 heteroatoms. The largest absolute Gasteiger partial charge is 0.462 e. The van der Waals surface area contributed by atoms with Gasteiger partial charge in [0.2, 0.25) is 0 Å². The number of rotatable bonds is 9. The van der Waals surface area contributed by atoms with Gasteiger partial charge in [-0.25, -0.2) is 9.59 Å². The Morgan fingerprint density at radius 1 is 0.583 bits per heavy atom. The highest BCUT2D eigenvalue weighted by Gasteiger charge is 2.10. The molecule has 0 unspecified atom stereocenters. The summed E-state index contributed by atoms with van der Waals surface area (Å²) in [5, 5.41) is 0. The van der Waals surface area contributed by atoms with Gasteiger partial charge in [-0.1, -0.05) is 51.1 Å². The molecule has 0 saturated heterocycles. The maximum atomic E-state index is 12.2. The van der Waals surface area contributed by atoms with Crippen LogP contribution >= 0.6 is 0 Å². The Hall–Kier alpha value is -3.07. The fourth-order valence-corrected chi connectivity index (χ4v) is 3.99. The van der Waals surface area contributed by atoms with Gasteiger partial charge in [0, 0.05) is 11.1 Å². The first-order valence-corrected chi connectivity index (χ1v) is 19.5. The molecule has 0 aliphatic carbocycles. The normalized spacial score (nSPS) is 10.9. The molecule has 0 radical (unpaired) electrons. The van der Waals surface area contributed by atoms with Crippen LogP contribution < -0.4 is 0 Å². The zero-order chi connectivity index (χ0) is 26.6. The summed E-state index contributed by atoms with van der Waals surface area (Å²) in [6.45, 7) is 13.9. The Morgan fingerprint density at radius 2 is 0.917 bits per heavy atom. The van der Waals surface area contributed by atoms with Gasteiger partial charge < -0.3 is 9.47 Å². The molecule has 190 valence electrons. The highest BCUT2D eigenvalue weighted by molar-refractivity contribution is 6.84. The molecule has 0 amide bonds. The van der Waals surface area contributed by atoms with Crippen molar-refractivity contribution in [2.24, 2.45) is 0 Å². The van der Waals surface area contributed by atoms with E-state index >= 15 is 0 Å². The van der Waals surface area contributed by atoms with E-state index in [4.69, 9.17) is 9.47 Å². The van der Waals surface area contributed by atoms with Gasteiger partial charge in [0.05, 0.1) is 24.3 Å². The zero-order valence-electron chi connectivity index (χ0n) is 22.5. The summed E-state index contributed by atoms with van der Waals surface area (Å²) in [6, 6.07) is 14.5. The zero-order valence-corrected chi connectivity index (χ0v) is 24.5. The lowest BCUT2D eigenvalue weighted by Gasteiger charge is -2.07. The fraction of sp³-hybridized carbons (Fsp3) is 0.400. The van der Waals surface area contributed by atoms with Gasteiger partial charge >= 0.3 is 11.9 Å². The van der Waals surface area contributed by atoms with E-state index in [1.165, 1.54) is 0 Å². The number of hydrogen-bond acceptors (Lipinski definition) is 4. The highest BCUT2D eigenvalue weighted by atomic mass is 28.3. The predicted molar refractivity (Wildman–Crippen MR) is 152 cm³/mol. The molecule has 0 aliphatic heterocycles. The molecule has 0 bridgehead atoms. The molecule has 0 atom stereocenters. The minimum absolute atomic E-state index is 0.314. The van der Waals surface area contributed by atoms with Crippen molar-refractivity contribution in [3.05, 3.63) is 70.8 Å². The van der Waals surface area contributed by atoms with Crippen LogP contribution in [0.3, 0.4) is 0 Å². The first-order chi connectivity index (χ1) is 16.9. The number of ether oxygens (including phenoxy) is 2. The summed E-state index contributed by atoms with van der Waals surface area (Å²) in [5.41, 5.74) is 9.54. The molecule has 0 aromatic heterocycles. The maximum absolute atomic E-state index is 12.2. The minimum atomic E-state index is -1.42. The van der Waals surface area contributed by atoms with Crippen molar-refractivity contribution >= 4 is 28.1 Å². The lowest BCUT2D eigenvalue weighted by atomic mass is 10.1. The fourth-order valence-electron chi connectivity index (χ4n) is 2.95. The van der Waals surface area contributed by atoms with E-state index in [1.807, 2.05) is 24.3 Å². The van der Waals surface area contributed by atoms with Crippen molar-refractivity contribution < 1.29 is 19.1 Å². The van der Waals surface area contributed by atoms with Gasteiger partial charge in [-0.05, 0) is 74.2 Å². The third kappa shape index (κ3) is 12.1. The average Bonchev–Trinajstić information content (AvgIpc) is 2.82. The van der Waals surface area contributed by atoms with E-state index in [0.29, 0.717) is 24.3 Å². The van der Waals surface area contributed by atoms with Crippen LogP contribution in [-0.2, 0) is 9.47 Å². The smallest absolute Gasteiger partial charge is 0.338 e. The minimum Gasteiger partial charge on any atom is -0.462 e. The highest BCUT2D eigenvalue weighted by Crippen LogP contribution is 2.09. The standard InChI is InChI=1S/C30H38O4Si2/c1-35(2,3)23-19-25-11-15-27(16-12-25)29(31)33-21-9-7-8-10-22-34-30(32)28-17-13-26(14-18-28)20-24-36(4,5)6/h11-18H,7-10,21-22H2,1-6H3. The molecule has 0 N–H and O–H groups in total. The summed E-state index contributed by atoms with van der Waals surface area (Å²) in [7, 11) is -2.84. The van der Waals surface area contributed by atoms with Crippen molar-refractivity contribution in [2.45, 2.75) is 65.0 Å². The lowest BCUT2D eigenvalue weighted by Crippen LogP contribution is -2.16. The second kappa shape index (κ2) is 13.9. The van der Waals surface area contributed by atoms with Crippen molar-refractivity contribution in [2.75, 3.05) is 13.2 Å². The molecule has 0 spiro atoms. The van der Waals surface area contributed by atoms with E-state index in [2.05, 4.69) is 62.2 Å². The summed E-state index contributed by atoms with van der Waals surface area (Å²) >= 11 is 0. The molecular formula is C30H38O4Si2. The molecule has 0 aliphatic rings.